The van der Waals surface area contributed by atoms with Gasteiger partial charge >= 0.3 is 0 Å². The summed E-state index contributed by atoms with van der Waals surface area (Å²) in [4.78, 5) is 39.7. The van der Waals surface area contributed by atoms with Crippen molar-refractivity contribution in [1.82, 2.24) is 0 Å². The minimum atomic E-state index is -2.24. The second-order valence-electron chi connectivity index (χ2n) is 11.8. The van der Waals surface area contributed by atoms with Crippen LogP contribution in [0.4, 0.5) is 0 Å². The molecule has 13 heteroatoms. The molecule has 0 bridgehead atoms. The van der Waals surface area contributed by atoms with E-state index in [-0.39, 0.29) is 34.4 Å². The molecular formula is C32H39NO12. The third-order valence-corrected chi connectivity index (χ3v) is 8.88. The van der Waals surface area contributed by atoms with Crippen LogP contribution < -0.4 is 10.5 Å². The number of benzene rings is 2. The summed E-state index contributed by atoms with van der Waals surface area (Å²) in [5.41, 5.74) is 2.37. The number of ketones is 3. The first-order chi connectivity index (χ1) is 21.4. The van der Waals surface area contributed by atoms with E-state index < -0.39 is 95.7 Å². The molecule has 6 atom stereocenters. The molecule has 2 heterocycles. The first-order valence-corrected chi connectivity index (χ1v) is 15.0. The Bertz CT molecular complexity index is 1460. The molecule has 0 amide bonds. The smallest absolute Gasteiger partial charge is 0.202 e. The summed E-state index contributed by atoms with van der Waals surface area (Å²) in [7, 11) is 1.32. The van der Waals surface area contributed by atoms with Gasteiger partial charge < -0.3 is 50.2 Å². The SMILES string of the molecule is C1CCOCC1.COc1cccc2c1C(=O)c1c(O)c3c(c(O)c1C2=O)C[C@@](O)(C(=O)CO)C[C@@H]3O[C@H]1C[C@H](N)[C@H](O)[C@H](C)O1. The Morgan fingerprint density at radius 2 is 1.76 bits per heavy atom. The molecule has 4 aliphatic rings. The van der Waals surface area contributed by atoms with Crippen molar-refractivity contribution in [2.75, 3.05) is 26.9 Å². The van der Waals surface area contributed by atoms with E-state index >= 15 is 0 Å². The van der Waals surface area contributed by atoms with Crippen LogP contribution in [0.1, 0.15) is 88.1 Å². The molecule has 2 aromatic rings. The van der Waals surface area contributed by atoms with Gasteiger partial charge in [0, 0.05) is 55.2 Å². The van der Waals surface area contributed by atoms with Gasteiger partial charge in [0.25, 0.3) is 0 Å². The number of fused-ring (bicyclic) bond motifs is 3. The van der Waals surface area contributed by atoms with E-state index in [4.69, 9.17) is 24.7 Å². The van der Waals surface area contributed by atoms with E-state index in [0.29, 0.717) is 0 Å². The maximum absolute atomic E-state index is 13.6. The predicted octanol–water partition coefficient (Wildman–Crippen LogP) is 1.19. The highest BCUT2D eigenvalue weighted by molar-refractivity contribution is 6.31. The predicted molar refractivity (Wildman–Crippen MR) is 156 cm³/mol. The number of rotatable bonds is 5. The van der Waals surface area contributed by atoms with Gasteiger partial charge in [-0.05, 0) is 32.3 Å². The van der Waals surface area contributed by atoms with E-state index in [1.165, 1.54) is 44.6 Å². The zero-order chi connectivity index (χ0) is 32.6. The Kier molecular flexibility index (Phi) is 9.61. The standard InChI is InChI=1S/C27H29NO11.C5H10O/c1-10-22(31)13(28)6-17(38-10)39-15-8-27(36,16(30)9-29)7-12-19(15)26(35)21-20(24(12)33)23(32)11-4-3-5-14(37-2)18(11)25(21)34;1-2-4-6-5-3-1/h3-5,10,13,15,17,22,29,31,33,35-36H,6-9,28H2,1-2H3;1-5H2/t10-,13-,15-,17-,22+,27-;/m0./s1. The fourth-order valence-corrected chi connectivity index (χ4v) is 6.44. The van der Waals surface area contributed by atoms with E-state index in [9.17, 15) is 39.9 Å². The highest BCUT2D eigenvalue weighted by Gasteiger charge is 2.50. The van der Waals surface area contributed by atoms with Gasteiger partial charge in [-0.15, -0.1) is 0 Å². The average molecular weight is 630 g/mol. The quantitative estimate of drug-likeness (QED) is 0.219. The van der Waals surface area contributed by atoms with Crippen molar-refractivity contribution in [3.63, 3.8) is 0 Å². The van der Waals surface area contributed by atoms with Crippen LogP contribution >= 0.6 is 0 Å². The molecule has 0 saturated carbocycles. The number of carbonyl (C=O) groups excluding carboxylic acids is 3. The zero-order valence-electron chi connectivity index (χ0n) is 25.2. The van der Waals surface area contributed by atoms with Crippen molar-refractivity contribution in [2.45, 2.75) is 81.7 Å². The van der Waals surface area contributed by atoms with Crippen LogP contribution in [-0.2, 0) is 25.4 Å². The van der Waals surface area contributed by atoms with E-state index in [1.54, 1.807) is 6.92 Å². The molecule has 244 valence electrons. The van der Waals surface area contributed by atoms with Crippen LogP contribution in [0.25, 0.3) is 0 Å². The minimum absolute atomic E-state index is 0.0173. The van der Waals surface area contributed by atoms with E-state index in [2.05, 4.69) is 0 Å². The second-order valence-corrected chi connectivity index (χ2v) is 11.8. The lowest BCUT2D eigenvalue weighted by atomic mass is 9.72. The molecule has 2 saturated heterocycles. The number of aliphatic hydroxyl groups excluding tert-OH is 2. The van der Waals surface area contributed by atoms with E-state index in [0.717, 1.165) is 13.2 Å². The lowest BCUT2D eigenvalue weighted by molar-refractivity contribution is -0.247. The first kappa shape index (κ1) is 32.9. The zero-order valence-corrected chi connectivity index (χ0v) is 25.2. The van der Waals surface area contributed by atoms with Crippen LogP contribution in [-0.4, -0.2) is 100.0 Å². The highest BCUT2D eigenvalue weighted by Crippen LogP contribution is 2.52. The first-order valence-electron chi connectivity index (χ1n) is 15.0. The number of hydrogen-bond acceptors (Lipinski definition) is 13. The number of phenols is 2. The molecule has 0 spiro atoms. The number of Topliss-reactive ketones (excluding diaryl/α,β-unsaturated/α-hetero) is 1. The van der Waals surface area contributed by atoms with Gasteiger partial charge in [0.05, 0.1) is 42.1 Å². The number of aliphatic hydroxyl groups is 3. The Labute approximate surface area is 259 Å². The summed E-state index contributed by atoms with van der Waals surface area (Å²) in [5.74, 6) is -3.77. The van der Waals surface area contributed by atoms with Gasteiger partial charge in [0.15, 0.2) is 17.9 Å². The average Bonchev–Trinajstić information content (AvgIpc) is 3.04. The number of ether oxygens (including phenoxy) is 4. The van der Waals surface area contributed by atoms with Crippen LogP contribution in [0, 0.1) is 0 Å². The molecular weight excluding hydrogens is 590 g/mol. The summed E-state index contributed by atoms with van der Waals surface area (Å²) < 4.78 is 22.1. The fraction of sp³-hybridized carbons (Fsp3) is 0.531. The fourth-order valence-electron chi connectivity index (χ4n) is 6.44. The maximum Gasteiger partial charge on any atom is 0.202 e. The Morgan fingerprint density at radius 1 is 1.07 bits per heavy atom. The minimum Gasteiger partial charge on any atom is -0.507 e. The number of hydrogen-bond donors (Lipinski definition) is 6. The summed E-state index contributed by atoms with van der Waals surface area (Å²) >= 11 is 0. The van der Waals surface area contributed by atoms with Crippen molar-refractivity contribution >= 4 is 17.3 Å². The van der Waals surface area contributed by atoms with Crippen LogP contribution in [0.15, 0.2) is 18.2 Å². The normalized spacial score (nSPS) is 29.1. The Balaban J connectivity index is 0.000000598. The molecule has 2 aromatic carbocycles. The van der Waals surface area contributed by atoms with Crippen molar-refractivity contribution in [3.05, 3.63) is 51.6 Å². The lowest BCUT2D eigenvalue weighted by Crippen LogP contribution is -2.53. The van der Waals surface area contributed by atoms with Crippen LogP contribution in [0.2, 0.25) is 0 Å². The molecule has 0 radical (unpaired) electrons. The number of aromatic hydroxyl groups is 2. The van der Waals surface area contributed by atoms with E-state index in [1.807, 2.05) is 0 Å². The molecule has 2 aliphatic carbocycles. The Morgan fingerprint density at radius 3 is 2.33 bits per heavy atom. The molecule has 0 aromatic heterocycles. The molecule has 2 aliphatic heterocycles. The third kappa shape index (κ3) is 5.97. The molecule has 45 heavy (non-hydrogen) atoms. The second kappa shape index (κ2) is 13.1. The van der Waals surface area contributed by atoms with Gasteiger partial charge in [0.1, 0.15) is 29.5 Å². The molecule has 6 rings (SSSR count). The van der Waals surface area contributed by atoms with Crippen molar-refractivity contribution in [3.8, 4) is 17.2 Å². The summed E-state index contributed by atoms with van der Waals surface area (Å²) in [6.45, 7) is 2.56. The molecule has 2 fully saturated rings. The number of phenolic OH excluding ortho intramolecular Hbond substituents is 2. The Hall–Kier alpha value is -3.43. The lowest BCUT2D eigenvalue weighted by Gasteiger charge is -2.42. The largest absolute Gasteiger partial charge is 0.507 e. The number of carbonyl (C=O) groups is 3. The maximum atomic E-state index is 13.6. The van der Waals surface area contributed by atoms with Gasteiger partial charge in [-0.25, -0.2) is 0 Å². The molecule has 0 unspecified atom stereocenters. The van der Waals surface area contributed by atoms with Crippen molar-refractivity contribution in [2.24, 2.45) is 5.73 Å². The van der Waals surface area contributed by atoms with Gasteiger partial charge in [-0.2, -0.15) is 0 Å². The molecule has 7 N–H and O–H groups in total. The summed E-state index contributed by atoms with van der Waals surface area (Å²) in [5, 5.41) is 53.7. The highest BCUT2D eigenvalue weighted by atomic mass is 16.7. The van der Waals surface area contributed by atoms with Gasteiger partial charge in [0.2, 0.25) is 5.78 Å². The summed E-state index contributed by atoms with van der Waals surface area (Å²) in [6, 6.07) is 3.64. The monoisotopic (exact) mass is 629 g/mol. The number of nitrogens with two attached hydrogens (primary N) is 1. The molecule has 13 nitrogen and oxygen atoms in total. The topological polar surface area (TPSA) is 215 Å². The van der Waals surface area contributed by atoms with Crippen LogP contribution in [0.3, 0.4) is 0 Å². The number of methoxy groups -OCH3 is 1. The van der Waals surface area contributed by atoms with Crippen LogP contribution in [0.5, 0.6) is 17.2 Å². The summed E-state index contributed by atoms with van der Waals surface area (Å²) in [6.07, 6.45) is -1.19. The van der Waals surface area contributed by atoms with Crippen molar-refractivity contribution in [1.29, 1.82) is 0 Å². The van der Waals surface area contributed by atoms with Gasteiger partial charge in [-0.3, -0.25) is 14.4 Å². The van der Waals surface area contributed by atoms with Crippen molar-refractivity contribution < 1.29 is 58.9 Å². The third-order valence-electron chi connectivity index (χ3n) is 8.88. The van der Waals surface area contributed by atoms with Gasteiger partial charge in [-0.1, -0.05) is 12.1 Å².